The molecule has 0 spiro atoms. The molecule has 2 amide bonds. The molecule has 134 valence electrons. The molecule has 8 nitrogen and oxygen atoms in total. The van der Waals surface area contributed by atoms with Crippen LogP contribution in [0.2, 0.25) is 0 Å². The van der Waals surface area contributed by atoms with Gasteiger partial charge in [0.05, 0.1) is 6.61 Å². The smallest absolute Gasteiger partial charge is 0.345 e. The van der Waals surface area contributed by atoms with E-state index in [-0.39, 0.29) is 17.8 Å². The number of aromatic nitrogens is 3. The number of ether oxygens (including phenoxy) is 1. The van der Waals surface area contributed by atoms with E-state index in [1.807, 2.05) is 19.1 Å². The highest BCUT2D eigenvalue weighted by atomic mass is 16.5. The fraction of sp³-hybridized carbons (Fsp3) is 0.471. The molecule has 1 aromatic carbocycles. The summed E-state index contributed by atoms with van der Waals surface area (Å²) in [5.41, 5.74) is 0.603. The molecule has 2 N–H and O–H groups in total. The number of nitrogens with zero attached hydrogens (tertiary/aromatic N) is 3. The van der Waals surface area contributed by atoms with Crippen molar-refractivity contribution in [2.75, 3.05) is 11.9 Å². The number of nitrogens with one attached hydrogen (secondary N) is 2. The fourth-order valence-electron chi connectivity index (χ4n) is 3.00. The first kappa shape index (κ1) is 17.1. The van der Waals surface area contributed by atoms with Gasteiger partial charge in [-0.3, -0.25) is 4.57 Å². The first-order chi connectivity index (χ1) is 12.1. The van der Waals surface area contributed by atoms with Crippen LogP contribution in [-0.4, -0.2) is 33.0 Å². The van der Waals surface area contributed by atoms with Crippen LogP contribution in [0.25, 0.3) is 0 Å². The summed E-state index contributed by atoms with van der Waals surface area (Å²) in [5, 5.41) is 10.0. The summed E-state index contributed by atoms with van der Waals surface area (Å²) in [6.07, 6.45) is 2.13. The minimum atomic E-state index is -0.249. The third-order valence-corrected chi connectivity index (χ3v) is 4.26. The third-order valence-electron chi connectivity index (χ3n) is 4.26. The van der Waals surface area contributed by atoms with Crippen molar-refractivity contribution in [1.29, 1.82) is 0 Å². The predicted molar refractivity (Wildman–Crippen MR) is 94.0 cm³/mol. The largest absolute Gasteiger partial charge is 0.494 e. The Hall–Kier alpha value is -2.77. The first-order valence-corrected chi connectivity index (χ1v) is 8.50. The van der Waals surface area contributed by atoms with Crippen molar-refractivity contribution in [1.82, 2.24) is 19.7 Å². The highest BCUT2D eigenvalue weighted by Gasteiger charge is 2.21. The van der Waals surface area contributed by atoms with Crippen LogP contribution in [0.3, 0.4) is 0 Å². The zero-order valence-electron chi connectivity index (χ0n) is 14.5. The number of carbonyl (C=O) groups is 1. The molecular weight excluding hydrogens is 322 g/mol. The molecule has 8 heteroatoms. The highest BCUT2D eigenvalue weighted by molar-refractivity contribution is 5.89. The Morgan fingerprint density at radius 2 is 2.08 bits per heavy atom. The topological polar surface area (TPSA) is 90.2 Å². The Balaban J connectivity index is 1.54. The molecule has 1 aliphatic rings. The molecule has 1 atom stereocenters. The summed E-state index contributed by atoms with van der Waals surface area (Å²) in [6.45, 7) is 3.10. The number of anilines is 1. The number of carbonyl (C=O) groups excluding carboxylic acids is 1. The number of fused-ring (bicyclic) bond motifs is 1. The van der Waals surface area contributed by atoms with Crippen molar-refractivity contribution in [3.63, 3.8) is 0 Å². The van der Waals surface area contributed by atoms with Crippen LogP contribution in [0.4, 0.5) is 10.5 Å². The van der Waals surface area contributed by atoms with E-state index in [9.17, 15) is 9.59 Å². The summed E-state index contributed by atoms with van der Waals surface area (Å²) in [6, 6.07) is 7.00. The Morgan fingerprint density at radius 3 is 2.80 bits per heavy atom. The number of rotatable bonds is 4. The zero-order valence-corrected chi connectivity index (χ0v) is 14.5. The van der Waals surface area contributed by atoms with Crippen molar-refractivity contribution >= 4 is 11.7 Å². The van der Waals surface area contributed by atoms with Crippen LogP contribution in [0.5, 0.6) is 5.75 Å². The first-order valence-electron chi connectivity index (χ1n) is 8.50. The lowest BCUT2D eigenvalue weighted by Crippen LogP contribution is -2.38. The van der Waals surface area contributed by atoms with Gasteiger partial charge in [0.15, 0.2) is 0 Å². The van der Waals surface area contributed by atoms with Gasteiger partial charge in [0.25, 0.3) is 0 Å². The Labute approximate surface area is 145 Å². The van der Waals surface area contributed by atoms with E-state index in [1.54, 1.807) is 23.7 Å². The minimum Gasteiger partial charge on any atom is -0.494 e. The second kappa shape index (κ2) is 7.42. The Bertz CT molecular complexity index is 794. The fourth-order valence-corrected chi connectivity index (χ4v) is 3.00. The summed E-state index contributed by atoms with van der Waals surface area (Å²) >= 11 is 0. The maximum Gasteiger partial charge on any atom is 0.345 e. The quantitative estimate of drug-likeness (QED) is 0.879. The molecule has 1 aromatic heterocycles. The van der Waals surface area contributed by atoms with Crippen LogP contribution in [0, 0.1) is 0 Å². The SMILES string of the molecule is CCOc1ccc(NC(=O)NC2CCc3nn(C)c(=O)n3CC2)cc1. The van der Waals surface area contributed by atoms with Crippen molar-refractivity contribution in [2.45, 2.75) is 38.8 Å². The predicted octanol–water partition coefficient (Wildman–Crippen LogP) is 1.51. The van der Waals surface area contributed by atoms with Gasteiger partial charge in [-0.25, -0.2) is 14.3 Å². The van der Waals surface area contributed by atoms with E-state index in [2.05, 4.69) is 15.7 Å². The molecular formula is C17H23N5O3. The van der Waals surface area contributed by atoms with Crippen molar-refractivity contribution in [3.05, 3.63) is 40.6 Å². The second-order valence-corrected chi connectivity index (χ2v) is 6.05. The van der Waals surface area contributed by atoms with Crippen molar-refractivity contribution < 1.29 is 9.53 Å². The van der Waals surface area contributed by atoms with E-state index >= 15 is 0 Å². The summed E-state index contributed by atoms with van der Waals surface area (Å²) < 4.78 is 8.43. The van der Waals surface area contributed by atoms with Crippen LogP contribution in [0.1, 0.15) is 25.6 Å². The highest BCUT2D eigenvalue weighted by Crippen LogP contribution is 2.16. The molecule has 2 aromatic rings. The van der Waals surface area contributed by atoms with Gasteiger partial charge in [0, 0.05) is 31.7 Å². The van der Waals surface area contributed by atoms with E-state index < -0.39 is 0 Å². The number of urea groups is 1. The Morgan fingerprint density at radius 1 is 1.32 bits per heavy atom. The van der Waals surface area contributed by atoms with Gasteiger partial charge in [-0.2, -0.15) is 5.10 Å². The standard InChI is InChI=1S/C17H23N5O3/c1-3-25-14-7-4-12(5-8-14)18-16(23)19-13-6-9-15-20-21(2)17(24)22(15)11-10-13/h4-5,7-8,13H,3,6,9-11H2,1-2H3,(H2,18,19,23). The molecule has 0 saturated carbocycles. The van der Waals surface area contributed by atoms with Gasteiger partial charge >= 0.3 is 11.7 Å². The average Bonchev–Trinajstić information content (AvgIpc) is 2.74. The minimum absolute atomic E-state index is 0.00843. The Kier molecular flexibility index (Phi) is 5.06. The van der Waals surface area contributed by atoms with Crippen LogP contribution >= 0.6 is 0 Å². The summed E-state index contributed by atoms with van der Waals surface area (Å²) in [4.78, 5) is 24.2. The normalized spacial score (nSPS) is 16.6. The van der Waals surface area contributed by atoms with Gasteiger partial charge in [0.1, 0.15) is 11.6 Å². The van der Waals surface area contributed by atoms with Crippen LogP contribution in [-0.2, 0) is 20.0 Å². The van der Waals surface area contributed by atoms with Crippen LogP contribution in [0.15, 0.2) is 29.1 Å². The molecule has 0 radical (unpaired) electrons. The molecule has 0 fully saturated rings. The third kappa shape index (κ3) is 4.01. The summed E-state index contributed by atoms with van der Waals surface area (Å²) in [7, 11) is 1.66. The lowest BCUT2D eigenvalue weighted by Gasteiger charge is -2.16. The van der Waals surface area contributed by atoms with E-state index in [4.69, 9.17) is 4.74 Å². The van der Waals surface area contributed by atoms with E-state index in [0.29, 0.717) is 31.7 Å². The van der Waals surface area contributed by atoms with Crippen molar-refractivity contribution in [3.8, 4) is 5.75 Å². The molecule has 0 aliphatic carbocycles. The zero-order chi connectivity index (χ0) is 17.8. The number of amides is 2. The monoisotopic (exact) mass is 345 g/mol. The average molecular weight is 345 g/mol. The lowest BCUT2D eigenvalue weighted by atomic mass is 10.1. The van der Waals surface area contributed by atoms with Gasteiger partial charge in [0.2, 0.25) is 0 Å². The molecule has 0 saturated heterocycles. The van der Waals surface area contributed by atoms with E-state index in [1.165, 1.54) is 4.68 Å². The number of aryl methyl sites for hydroxylation is 2. The molecule has 25 heavy (non-hydrogen) atoms. The maximum atomic E-state index is 12.2. The maximum absolute atomic E-state index is 12.2. The van der Waals surface area contributed by atoms with Crippen molar-refractivity contribution in [2.24, 2.45) is 7.05 Å². The van der Waals surface area contributed by atoms with Gasteiger partial charge in [-0.1, -0.05) is 0 Å². The second-order valence-electron chi connectivity index (χ2n) is 6.05. The lowest BCUT2D eigenvalue weighted by molar-refractivity contribution is 0.247. The van der Waals surface area contributed by atoms with Gasteiger partial charge in [-0.05, 0) is 44.0 Å². The molecule has 2 heterocycles. The number of hydrogen-bond donors (Lipinski definition) is 2. The molecule has 0 bridgehead atoms. The van der Waals surface area contributed by atoms with Crippen LogP contribution < -0.4 is 21.1 Å². The summed E-state index contributed by atoms with van der Waals surface area (Å²) in [5.74, 6) is 1.55. The number of benzene rings is 1. The van der Waals surface area contributed by atoms with Gasteiger partial charge in [-0.15, -0.1) is 0 Å². The molecule has 1 aliphatic heterocycles. The number of hydrogen-bond acceptors (Lipinski definition) is 4. The van der Waals surface area contributed by atoms with E-state index in [0.717, 1.165) is 18.0 Å². The molecule has 1 unspecified atom stereocenters. The molecule has 3 rings (SSSR count). The van der Waals surface area contributed by atoms with Gasteiger partial charge < -0.3 is 15.4 Å².